The average molecular weight is 374 g/mol. The largest absolute Gasteiger partial charge is 0.384 e. The zero-order chi connectivity index (χ0) is 19.3. The van der Waals surface area contributed by atoms with Gasteiger partial charge in [0.15, 0.2) is 22.4 Å². The molecule has 0 heterocycles. The summed E-state index contributed by atoms with van der Waals surface area (Å²) in [6.07, 6.45) is 0.732. The Labute approximate surface area is 147 Å². The standard InChI is InChI=1S/C14H22N4O6S/c1-21-13(22-2)9-17-7-11(5-15)25(19,20)12(6-16)8-18-10-14(23-3)24-4/h7-8,13-14,17-18H,9-10H2,1-4H3/b11-7+,12-8+. The SMILES string of the molecule is COC(CN/C=C(\C#N)S(=O)(=O)/C(C#N)=C/NCC(OC)OC)OC. The zero-order valence-electron chi connectivity index (χ0n) is 14.5. The molecule has 0 aliphatic rings. The van der Waals surface area contributed by atoms with Gasteiger partial charge >= 0.3 is 0 Å². The van der Waals surface area contributed by atoms with E-state index in [1.54, 1.807) is 12.1 Å². The average Bonchev–Trinajstić information content (AvgIpc) is 2.61. The molecule has 11 heteroatoms. The van der Waals surface area contributed by atoms with Crippen LogP contribution in [0.4, 0.5) is 0 Å². The molecule has 0 bridgehead atoms. The van der Waals surface area contributed by atoms with Gasteiger partial charge < -0.3 is 29.6 Å². The van der Waals surface area contributed by atoms with Gasteiger partial charge in [-0.15, -0.1) is 0 Å². The predicted molar refractivity (Wildman–Crippen MR) is 87.9 cm³/mol. The second-order valence-electron chi connectivity index (χ2n) is 4.36. The van der Waals surface area contributed by atoms with Crippen LogP contribution < -0.4 is 10.6 Å². The highest BCUT2D eigenvalue weighted by atomic mass is 32.2. The fourth-order valence-electron chi connectivity index (χ4n) is 1.48. The summed E-state index contributed by atoms with van der Waals surface area (Å²) >= 11 is 0. The molecule has 0 aromatic rings. The van der Waals surface area contributed by atoms with Crippen LogP contribution in [0.25, 0.3) is 0 Å². The van der Waals surface area contributed by atoms with Crippen molar-refractivity contribution in [1.29, 1.82) is 10.5 Å². The van der Waals surface area contributed by atoms with Crippen molar-refractivity contribution in [2.75, 3.05) is 41.5 Å². The van der Waals surface area contributed by atoms with Gasteiger partial charge in [0.25, 0.3) is 0 Å². The molecule has 0 aromatic carbocycles. The number of hydrogen-bond acceptors (Lipinski definition) is 10. The molecule has 0 spiro atoms. The van der Waals surface area contributed by atoms with Gasteiger partial charge in [0.2, 0.25) is 9.84 Å². The fourth-order valence-corrected chi connectivity index (χ4v) is 2.43. The molecule has 25 heavy (non-hydrogen) atoms. The van der Waals surface area contributed by atoms with E-state index in [4.69, 9.17) is 29.5 Å². The lowest BCUT2D eigenvalue weighted by atomic mass is 10.5. The number of nitrogens with zero attached hydrogens (tertiary/aromatic N) is 2. The summed E-state index contributed by atoms with van der Waals surface area (Å²) in [6, 6.07) is 3.10. The monoisotopic (exact) mass is 374 g/mol. The van der Waals surface area contributed by atoms with Crippen molar-refractivity contribution in [3.8, 4) is 12.1 Å². The van der Waals surface area contributed by atoms with Gasteiger partial charge in [0.1, 0.15) is 12.1 Å². The second kappa shape index (κ2) is 12.2. The molecule has 0 aromatic heterocycles. The lowest BCUT2D eigenvalue weighted by Crippen LogP contribution is -2.28. The van der Waals surface area contributed by atoms with Crippen LogP contribution in [0.3, 0.4) is 0 Å². The third kappa shape index (κ3) is 7.51. The summed E-state index contributed by atoms with van der Waals surface area (Å²) in [6.45, 7) is 0.224. The number of nitrogens with one attached hydrogen (secondary N) is 2. The van der Waals surface area contributed by atoms with Crippen molar-refractivity contribution in [2.45, 2.75) is 12.6 Å². The van der Waals surface area contributed by atoms with Crippen LogP contribution in [-0.2, 0) is 28.8 Å². The number of sulfone groups is 1. The maximum atomic E-state index is 12.3. The molecule has 2 N–H and O–H groups in total. The fraction of sp³-hybridized carbons (Fsp3) is 0.571. The van der Waals surface area contributed by atoms with Crippen LogP contribution >= 0.6 is 0 Å². The Morgan fingerprint density at radius 3 is 1.44 bits per heavy atom. The van der Waals surface area contributed by atoms with E-state index in [1.807, 2.05) is 0 Å². The first-order valence-corrected chi connectivity index (χ1v) is 8.43. The molecule has 0 atom stereocenters. The van der Waals surface area contributed by atoms with Crippen molar-refractivity contribution in [3.05, 3.63) is 22.2 Å². The number of ether oxygens (including phenoxy) is 4. The molecule has 0 rings (SSSR count). The van der Waals surface area contributed by atoms with E-state index >= 15 is 0 Å². The van der Waals surface area contributed by atoms with Crippen molar-refractivity contribution < 1.29 is 27.4 Å². The Morgan fingerprint density at radius 2 is 1.20 bits per heavy atom. The molecule has 0 saturated heterocycles. The highest BCUT2D eigenvalue weighted by Crippen LogP contribution is 2.15. The van der Waals surface area contributed by atoms with Crippen molar-refractivity contribution >= 4 is 9.84 Å². The number of hydrogen-bond donors (Lipinski definition) is 2. The minimum Gasteiger partial charge on any atom is -0.384 e. The van der Waals surface area contributed by atoms with Crippen molar-refractivity contribution in [2.24, 2.45) is 0 Å². The first kappa shape index (κ1) is 22.9. The lowest BCUT2D eigenvalue weighted by molar-refractivity contribution is -0.0973. The number of rotatable bonds is 12. The third-order valence-electron chi connectivity index (χ3n) is 2.89. The topological polar surface area (TPSA) is 143 Å². The molecule has 0 fully saturated rings. The van der Waals surface area contributed by atoms with Gasteiger partial charge in [-0.05, 0) is 0 Å². The van der Waals surface area contributed by atoms with E-state index in [2.05, 4.69) is 10.6 Å². The van der Waals surface area contributed by atoms with Crippen LogP contribution in [0, 0.1) is 22.7 Å². The Hall–Kier alpha value is -2.15. The second-order valence-corrected chi connectivity index (χ2v) is 6.25. The molecular weight excluding hydrogens is 352 g/mol. The summed E-state index contributed by atoms with van der Waals surface area (Å²) in [5.41, 5.74) is 0. The number of allylic oxidation sites excluding steroid dienone is 2. The summed E-state index contributed by atoms with van der Waals surface area (Å²) in [5.74, 6) is 0. The van der Waals surface area contributed by atoms with Gasteiger partial charge in [0.05, 0.1) is 13.1 Å². The Kier molecular flexibility index (Phi) is 11.2. The molecular formula is C14H22N4O6S. The molecule has 10 nitrogen and oxygen atoms in total. The van der Waals surface area contributed by atoms with E-state index in [0.717, 1.165) is 12.4 Å². The van der Waals surface area contributed by atoms with E-state index in [-0.39, 0.29) is 13.1 Å². The van der Waals surface area contributed by atoms with E-state index in [1.165, 1.54) is 28.4 Å². The van der Waals surface area contributed by atoms with E-state index < -0.39 is 32.2 Å². The molecule has 140 valence electrons. The smallest absolute Gasteiger partial charge is 0.229 e. The maximum absolute atomic E-state index is 12.3. The molecule has 0 saturated carbocycles. The van der Waals surface area contributed by atoms with Gasteiger partial charge in [-0.1, -0.05) is 0 Å². The molecule has 0 unspecified atom stereocenters. The van der Waals surface area contributed by atoms with Gasteiger partial charge in [-0.25, -0.2) is 8.42 Å². The van der Waals surface area contributed by atoms with Crippen LogP contribution in [0.2, 0.25) is 0 Å². The van der Waals surface area contributed by atoms with Crippen LogP contribution in [0.15, 0.2) is 22.2 Å². The first-order chi connectivity index (χ1) is 11.9. The first-order valence-electron chi connectivity index (χ1n) is 6.94. The highest BCUT2D eigenvalue weighted by molar-refractivity contribution is 7.99. The predicted octanol–water partition coefficient (Wildman–Crippen LogP) is -0.452. The minimum atomic E-state index is -4.27. The zero-order valence-corrected chi connectivity index (χ0v) is 15.3. The Morgan fingerprint density at radius 1 is 0.880 bits per heavy atom. The van der Waals surface area contributed by atoms with Gasteiger partial charge in [-0.3, -0.25) is 0 Å². The van der Waals surface area contributed by atoms with Crippen molar-refractivity contribution in [1.82, 2.24) is 10.6 Å². The Bertz CT molecular complexity index is 589. The van der Waals surface area contributed by atoms with E-state index in [0.29, 0.717) is 0 Å². The molecule has 0 amide bonds. The third-order valence-corrected chi connectivity index (χ3v) is 4.46. The van der Waals surface area contributed by atoms with Crippen LogP contribution in [-0.4, -0.2) is 62.5 Å². The normalized spacial score (nSPS) is 12.8. The van der Waals surface area contributed by atoms with E-state index in [9.17, 15) is 8.42 Å². The van der Waals surface area contributed by atoms with Gasteiger partial charge in [-0.2, -0.15) is 10.5 Å². The summed E-state index contributed by atoms with van der Waals surface area (Å²) in [5, 5.41) is 23.4. The molecule has 0 aliphatic heterocycles. The minimum absolute atomic E-state index is 0.112. The van der Waals surface area contributed by atoms with Crippen LogP contribution in [0.1, 0.15) is 0 Å². The lowest BCUT2D eigenvalue weighted by Gasteiger charge is -2.13. The van der Waals surface area contributed by atoms with Gasteiger partial charge in [0, 0.05) is 40.8 Å². The number of methoxy groups -OCH3 is 4. The highest BCUT2D eigenvalue weighted by Gasteiger charge is 2.24. The maximum Gasteiger partial charge on any atom is 0.229 e. The number of nitriles is 2. The van der Waals surface area contributed by atoms with Crippen LogP contribution in [0.5, 0.6) is 0 Å². The van der Waals surface area contributed by atoms with Crippen molar-refractivity contribution in [3.63, 3.8) is 0 Å². The quantitative estimate of drug-likeness (QED) is 0.340. The molecule has 0 radical (unpaired) electrons. The summed E-state index contributed by atoms with van der Waals surface area (Å²) < 4.78 is 44.4. The molecule has 0 aliphatic carbocycles. The summed E-state index contributed by atoms with van der Waals surface area (Å²) in [4.78, 5) is -1.24. The Balaban J connectivity index is 5.18. The summed E-state index contributed by atoms with van der Waals surface area (Å²) in [7, 11) is 1.38.